The molecule has 1 unspecified atom stereocenters. The number of thiazole rings is 1. The van der Waals surface area contributed by atoms with Crippen LogP contribution in [0.3, 0.4) is 0 Å². The van der Waals surface area contributed by atoms with Crippen LogP contribution in [0.1, 0.15) is 41.0 Å². The summed E-state index contributed by atoms with van der Waals surface area (Å²) in [6.07, 6.45) is 0.860. The first-order valence-corrected chi connectivity index (χ1v) is 7.52. The van der Waals surface area contributed by atoms with Crippen LogP contribution >= 0.6 is 11.3 Å². The first kappa shape index (κ1) is 15.1. The van der Waals surface area contributed by atoms with Gasteiger partial charge in [0.25, 0.3) is 0 Å². The summed E-state index contributed by atoms with van der Waals surface area (Å²) in [5.74, 6) is -1.13. The lowest BCUT2D eigenvalue weighted by Gasteiger charge is -2.16. The van der Waals surface area contributed by atoms with E-state index in [4.69, 9.17) is 0 Å². The smallest absolute Gasteiger partial charge is 0.126 e. The van der Waals surface area contributed by atoms with Gasteiger partial charge in [-0.25, -0.2) is 13.8 Å². The Morgan fingerprint density at radius 3 is 2.35 bits per heavy atom. The highest BCUT2D eigenvalue weighted by Gasteiger charge is 2.19. The van der Waals surface area contributed by atoms with E-state index in [2.05, 4.69) is 17.2 Å². The van der Waals surface area contributed by atoms with E-state index in [-0.39, 0.29) is 6.04 Å². The number of halogens is 2. The van der Waals surface area contributed by atoms with Gasteiger partial charge >= 0.3 is 0 Å². The Morgan fingerprint density at radius 2 is 1.85 bits per heavy atom. The van der Waals surface area contributed by atoms with Gasteiger partial charge in [0.2, 0.25) is 0 Å². The van der Waals surface area contributed by atoms with Crippen molar-refractivity contribution in [1.29, 1.82) is 0 Å². The van der Waals surface area contributed by atoms with Crippen LogP contribution in [0.15, 0.2) is 18.2 Å². The third kappa shape index (κ3) is 3.22. The molecule has 0 saturated heterocycles. The zero-order chi connectivity index (χ0) is 14.7. The molecule has 2 nitrogen and oxygen atoms in total. The molecule has 1 N–H and O–H groups in total. The number of hydrogen-bond acceptors (Lipinski definition) is 3. The quantitative estimate of drug-likeness (QED) is 0.902. The molecular formula is C15H18F2N2S. The van der Waals surface area contributed by atoms with Crippen molar-refractivity contribution in [2.24, 2.45) is 0 Å². The molecule has 0 aliphatic carbocycles. The predicted molar refractivity (Wildman–Crippen MR) is 78.1 cm³/mol. The van der Waals surface area contributed by atoms with Crippen molar-refractivity contribution in [3.8, 4) is 0 Å². The van der Waals surface area contributed by atoms with Crippen molar-refractivity contribution >= 4 is 11.3 Å². The van der Waals surface area contributed by atoms with Crippen molar-refractivity contribution in [2.75, 3.05) is 6.54 Å². The molecule has 2 aromatic rings. The first-order valence-electron chi connectivity index (χ1n) is 6.70. The standard InChI is InChI=1S/C15H18F2N2S/c1-4-13-9(3)20-15(19-13)14(18-5-2)10-6-11(16)8-12(17)7-10/h6-8,14,18H,4-5H2,1-3H3. The summed E-state index contributed by atoms with van der Waals surface area (Å²) in [4.78, 5) is 5.75. The molecule has 1 atom stereocenters. The summed E-state index contributed by atoms with van der Waals surface area (Å²) in [5, 5.41) is 4.10. The van der Waals surface area contributed by atoms with Crippen LogP contribution in [0.4, 0.5) is 8.78 Å². The SMILES string of the molecule is CCNC(c1cc(F)cc(F)c1)c1nc(CC)c(C)s1. The van der Waals surface area contributed by atoms with Gasteiger partial charge in [0.15, 0.2) is 0 Å². The van der Waals surface area contributed by atoms with Crippen molar-refractivity contribution in [3.05, 3.63) is 51.0 Å². The highest BCUT2D eigenvalue weighted by Crippen LogP contribution is 2.29. The van der Waals surface area contributed by atoms with E-state index < -0.39 is 11.6 Å². The van der Waals surface area contributed by atoms with E-state index in [1.54, 1.807) is 11.3 Å². The Kier molecular flexibility index (Phi) is 4.83. The zero-order valence-electron chi connectivity index (χ0n) is 11.8. The molecule has 0 fully saturated rings. The summed E-state index contributed by atoms with van der Waals surface area (Å²) >= 11 is 1.58. The Bertz CT molecular complexity index is 575. The maximum atomic E-state index is 13.4. The van der Waals surface area contributed by atoms with Gasteiger partial charge in [-0.05, 0) is 37.6 Å². The molecule has 1 heterocycles. The Balaban J connectivity index is 2.43. The van der Waals surface area contributed by atoms with Gasteiger partial charge in [0, 0.05) is 10.9 Å². The van der Waals surface area contributed by atoms with Gasteiger partial charge in [-0.3, -0.25) is 0 Å². The third-order valence-corrected chi connectivity index (χ3v) is 4.20. The monoisotopic (exact) mass is 296 g/mol. The van der Waals surface area contributed by atoms with Crippen LogP contribution in [0.2, 0.25) is 0 Å². The summed E-state index contributed by atoms with van der Waals surface area (Å²) in [5.41, 5.74) is 1.62. The van der Waals surface area contributed by atoms with E-state index in [1.165, 1.54) is 12.1 Å². The Labute approximate surface area is 121 Å². The highest BCUT2D eigenvalue weighted by molar-refractivity contribution is 7.11. The molecule has 108 valence electrons. The van der Waals surface area contributed by atoms with Crippen LogP contribution < -0.4 is 5.32 Å². The highest BCUT2D eigenvalue weighted by atomic mass is 32.1. The molecule has 1 aromatic heterocycles. The summed E-state index contributed by atoms with van der Waals surface area (Å²) in [7, 11) is 0. The molecule has 20 heavy (non-hydrogen) atoms. The maximum absolute atomic E-state index is 13.4. The minimum Gasteiger partial charge on any atom is -0.305 e. The summed E-state index contributed by atoms with van der Waals surface area (Å²) in [6.45, 7) is 6.73. The summed E-state index contributed by atoms with van der Waals surface area (Å²) < 4.78 is 26.8. The molecular weight excluding hydrogens is 278 g/mol. The van der Waals surface area contributed by atoms with E-state index in [1.807, 2.05) is 13.8 Å². The zero-order valence-corrected chi connectivity index (χ0v) is 12.7. The van der Waals surface area contributed by atoms with E-state index >= 15 is 0 Å². The molecule has 5 heteroatoms. The van der Waals surface area contributed by atoms with Gasteiger partial charge in [-0.1, -0.05) is 13.8 Å². The molecule has 0 radical (unpaired) electrons. The number of aryl methyl sites for hydroxylation is 2. The van der Waals surface area contributed by atoms with E-state index in [0.717, 1.165) is 28.1 Å². The normalized spacial score (nSPS) is 12.7. The van der Waals surface area contributed by atoms with Crippen LogP contribution in [-0.2, 0) is 6.42 Å². The van der Waals surface area contributed by atoms with Gasteiger partial charge in [-0.2, -0.15) is 0 Å². The van der Waals surface area contributed by atoms with Crippen LogP contribution in [-0.4, -0.2) is 11.5 Å². The number of nitrogens with one attached hydrogen (secondary N) is 1. The number of nitrogens with zero attached hydrogens (tertiary/aromatic N) is 1. The number of hydrogen-bond donors (Lipinski definition) is 1. The van der Waals surface area contributed by atoms with E-state index in [9.17, 15) is 8.78 Å². The molecule has 2 rings (SSSR count). The van der Waals surface area contributed by atoms with Gasteiger partial charge in [0.1, 0.15) is 16.6 Å². The molecule has 0 spiro atoms. The number of benzene rings is 1. The minimum absolute atomic E-state index is 0.269. The lowest BCUT2D eigenvalue weighted by Crippen LogP contribution is -2.22. The van der Waals surface area contributed by atoms with Crippen LogP contribution in [0.5, 0.6) is 0 Å². The number of rotatable bonds is 5. The molecule has 0 bridgehead atoms. The lowest BCUT2D eigenvalue weighted by molar-refractivity contribution is 0.564. The topological polar surface area (TPSA) is 24.9 Å². The first-order chi connectivity index (χ1) is 9.55. The molecule has 0 saturated carbocycles. The molecule has 0 amide bonds. The number of aromatic nitrogens is 1. The Morgan fingerprint density at radius 1 is 1.20 bits per heavy atom. The predicted octanol–water partition coefficient (Wildman–Crippen LogP) is 3.99. The van der Waals surface area contributed by atoms with E-state index in [0.29, 0.717) is 12.1 Å². The van der Waals surface area contributed by atoms with Crippen molar-refractivity contribution in [1.82, 2.24) is 10.3 Å². The second-order valence-corrected chi connectivity index (χ2v) is 5.84. The Hall–Kier alpha value is -1.33. The average Bonchev–Trinajstić information content (AvgIpc) is 2.75. The fraction of sp³-hybridized carbons (Fsp3) is 0.400. The van der Waals surface area contributed by atoms with Gasteiger partial charge in [0.05, 0.1) is 11.7 Å². The maximum Gasteiger partial charge on any atom is 0.126 e. The third-order valence-electron chi connectivity index (χ3n) is 3.12. The molecule has 0 aliphatic heterocycles. The van der Waals surface area contributed by atoms with Crippen LogP contribution in [0.25, 0.3) is 0 Å². The second kappa shape index (κ2) is 6.41. The van der Waals surface area contributed by atoms with Crippen molar-refractivity contribution in [3.63, 3.8) is 0 Å². The average molecular weight is 296 g/mol. The molecule has 1 aromatic carbocycles. The largest absolute Gasteiger partial charge is 0.305 e. The van der Waals surface area contributed by atoms with Crippen LogP contribution in [0, 0.1) is 18.6 Å². The van der Waals surface area contributed by atoms with Gasteiger partial charge < -0.3 is 5.32 Å². The lowest BCUT2D eigenvalue weighted by atomic mass is 10.1. The van der Waals surface area contributed by atoms with Crippen molar-refractivity contribution < 1.29 is 8.78 Å². The van der Waals surface area contributed by atoms with Gasteiger partial charge in [-0.15, -0.1) is 11.3 Å². The summed E-state index contributed by atoms with van der Waals surface area (Å²) in [6, 6.07) is 3.34. The fourth-order valence-electron chi connectivity index (χ4n) is 2.20. The fourth-order valence-corrected chi connectivity index (χ4v) is 3.31. The molecule has 0 aliphatic rings. The van der Waals surface area contributed by atoms with Crippen molar-refractivity contribution in [2.45, 2.75) is 33.2 Å². The minimum atomic E-state index is -0.563. The second-order valence-electron chi connectivity index (χ2n) is 4.60.